The van der Waals surface area contributed by atoms with E-state index in [0.29, 0.717) is 18.1 Å². The first-order valence-corrected chi connectivity index (χ1v) is 8.09. The number of rotatable bonds is 5. The second-order valence-corrected chi connectivity index (χ2v) is 8.29. The molecule has 0 saturated heterocycles. The Labute approximate surface area is 120 Å². The quantitative estimate of drug-likeness (QED) is 0.740. The topological polar surface area (TPSA) is 32.3 Å². The molecule has 1 saturated carbocycles. The first kappa shape index (κ1) is 17.0. The van der Waals surface area contributed by atoms with Gasteiger partial charge in [-0.2, -0.15) is 0 Å². The molecule has 0 spiro atoms. The third-order valence-corrected chi connectivity index (χ3v) is 4.85. The summed E-state index contributed by atoms with van der Waals surface area (Å²) in [4.78, 5) is 0. The van der Waals surface area contributed by atoms with Crippen LogP contribution in [0.5, 0.6) is 0 Å². The molecule has 1 aliphatic rings. The molecule has 1 fully saturated rings. The Morgan fingerprint density at radius 2 is 1.68 bits per heavy atom. The monoisotopic (exact) mass is 269 g/mol. The van der Waals surface area contributed by atoms with E-state index >= 15 is 0 Å². The molecule has 2 atom stereocenters. The van der Waals surface area contributed by atoms with Crippen LogP contribution < -0.4 is 5.32 Å². The zero-order chi connectivity index (χ0) is 14.5. The van der Waals surface area contributed by atoms with Gasteiger partial charge >= 0.3 is 0 Å². The average molecular weight is 269 g/mol. The highest BCUT2D eigenvalue weighted by Gasteiger charge is 2.28. The van der Waals surface area contributed by atoms with Gasteiger partial charge < -0.3 is 10.4 Å². The number of aliphatic hydroxyl groups is 1. The molecule has 0 aromatic carbocycles. The van der Waals surface area contributed by atoms with Crippen LogP contribution in [0.1, 0.15) is 73.1 Å². The Morgan fingerprint density at radius 1 is 1.00 bits per heavy atom. The fourth-order valence-electron chi connectivity index (χ4n) is 3.18. The molecule has 19 heavy (non-hydrogen) atoms. The maximum Gasteiger partial charge on any atom is 0.0436 e. The third-order valence-electron chi connectivity index (χ3n) is 4.85. The summed E-state index contributed by atoms with van der Waals surface area (Å²) in [7, 11) is 0. The first-order chi connectivity index (χ1) is 8.74. The van der Waals surface area contributed by atoms with Crippen molar-refractivity contribution in [3.63, 3.8) is 0 Å². The van der Waals surface area contributed by atoms with E-state index in [4.69, 9.17) is 5.11 Å². The molecule has 0 bridgehead atoms. The normalized spacial score (nSPS) is 26.2. The van der Waals surface area contributed by atoms with E-state index in [-0.39, 0.29) is 5.41 Å². The summed E-state index contributed by atoms with van der Waals surface area (Å²) in [6.45, 7) is 13.0. The Morgan fingerprint density at radius 3 is 2.26 bits per heavy atom. The lowest BCUT2D eigenvalue weighted by Gasteiger charge is -2.30. The molecule has 0 aromatic heterocycles. The summed E-state index contributed by atoms with van der Waals surface area (Å²) in [5.74, 6) is 0.879. The van der Waals surface area contributed by atoms with Gasteiger partial charge in [-0.05, 0) is 48.9 Å². The maximum absolute atomic E-state index is 9.08. The average Bonchev–Trinajstić information content (AvgIpc) is 2.51. The van der Waals surface area contributed by atoms with Crippen molar-refractivity contribution in [2.24, 2.45) is 16.7 Å². The Kier molecular flexibility index (Phi) is 6.32. The zero-order valence-electron chi connectivity index (χ0n) is 13.8. The minimum atomic E-state index is 0.213. The highest BCUT2D eigenvalue weighted by atomic mass is 16.3. The molecule has 0 amide bonds. The van der Waals surface area contributed by atoms with E-state index in [1.165, 1.54) is 32.1 Å². The lowest BCUT2D eigenvalue weighted by atomic mass is 9.76. The van der Waals surface area contributed by atoms with Gasteiger partial charge in [-0.3, -0.25) is 0 Å². The molecule has 0 aromatic rings. The highest BCUT2D eigenvalue weighted by Crippen LogP contribution is 2.36. The molecular formula is C17H35NO. The molecule has 2 nitrogen and oxygen atoms in total. The van der Waals surface area contributed by atoms with Crippen LogP contribution in [0.2, 0.25) is 0 Å². The SMILES string of the molecule is CC(C)(CCO)CNC1CCCC(C(C)(C)C)CC1. The van der Waals surface area contributed by atoms with Crippen molar-refractivity contribution in [3.05, 3.63) is 0 Å². The predicted molar refractivity (Wildman–Crippen MR) is 83.3 cm³/mol. The molecular weight excluding hydrogens is 234 g/mol. The molecule has 0 aliphatic heterocycles. The highest BCUT2D eigenvalue weighted by molar-refractivity contribution is 4.82. The summed E-state index contributed by atoms with van der Waals surface area (Å²) in [5.41, 5.74) is 0.676. The van der Waals surface area contributed by atoms with Crippen LogP contribution in [0.15, 0.2) is 0 Å². The van der Waals surface area contributed by atoms with Gasteiger partial charge in [-0.1, -0.05) is 41.0 Å². The molecule has 1 aliphatic carbocycles. The molecule has 1 rings (SSSR count). The Bertz CT molecular complexity index is 254. The molecule has 114 valence electrons. The lowest BCUT2D eigenvalue weighted by Crippen LogP contribution is -2.37. The predicted octanol–water partition coefficient (Wildman–Crippen LogP) is 3.98. The molecule has 0 heterocycles. The Hall–Kier alpha value is -0.0800. The second kappa shape index (κ2) is 7.08. The van der Waals surface area contributed by atoms with Crippen LogP contribution in [0.4, 0.5) is 0 Å². The fraction of sp³-hybridized carbons (Fsp3) is 1.00. The standard InChI is InChI=1S/C17H35NO/c1-16(2,3)14-7-6-8-15(10-9-14)18-13-17(4,5)11-12-19/h14-15,18-19H,6-13H2,1-5H3. The molecule has 0 radical (unpaired) electrons. The Balaban J connectivity index is 2.37. The van der Waals surface area contributed by atoms with E-state index in [2.05, 4.69) is 39.9 Å². The number of nitrogens with one attached hydrogen (secondary N) is 1. The minimum Gasteiger partial charge on any atom is -0.396 e. The van der Waals surface area contributed by atoms with Crippen LogP contribution in [0, 0.1) is 16.7 Å². The number of hydrogen-bond acceptors (Lipinski definition) is 2. The van der Waals surface area contributed by atoms with Gasteiger partial charge in [-0.25, -0.2) is 0 Å². The lowest BCUT2D eigenvalue weighted by molar-refractivity contribution is 0.198. The largest absolute Gasteiger partial charge is 0.396 e. The van der Waals surface area contributed by atoms with Gasteiger partial charge in [-0.15, -0.1) is 0 Å². The molecule has 2 N–H and O–H groups in total. The van der Waals surface area contributed by atoms with Crippen LogP contribution in [-0.4, -0.2) is 24.3 Å². The van der Waals surface area contributed by atoms with Crippen molar-refractivity contribution in [1.82, 2.24) is 5.32 Å². The summed E-state index contributed by atoms with van der Waals surface area (Å²) >= 11 is 0. The van der Waals surface area contributed by atoms with Crippen LogP contribution in [-0.2, 0) is 0 Å². The molecule has 2 heteroatoms. The van der Waals surface area contributed by atoms with Gasteiger partial charge in [0, 0.05) is 19.2 Å². The van der Waals surface area contributed by atoms with Gasteiger partial charge in [0.1, 0.15) is 0 Å². The van der Waals surface area contributed by atoms with E-state index < -0.39 is 0 Å². The van der Waals surface area contributed by atoms with Crippen molar-refractivity contribution >= 4 is 0 Å². The number of aliphatic hydroxyl groups excluding tert-OH is 1. The van der Waals surface area contributed by atoms with Gasteiger partial charge in [0.15, 0.2) is 0 Å². The smallest absolute Gasteiger partial charge is 0.0436 e. The van der Waals surface area contributed by atoms with E-state index in [0.717, 1.165) is 18.9 Å². The van der Waals surface area contributed by atoms with E-state index in [9.17, 15) is 0 Å². The van der Waals surface area contributed by atoms with E-state index in [1.807, 2.05) is 0 Å². The van der Waals surface area contributed by atoms with Gasteiger partial charge in [0.25, 0.3) is 0 Å². The minimum absolute atomic E-state index is 0.213. The zero-order valence-corrected chi connectivity index (χ0v) is 13.8. The summed E-state index contributed by atoms with van der Waals surface area (Å²) in [6.07, 6.45) is 7.64. The fourth-order valence-corrected chi connectivity index (χ4v) is 3.18. The first-order valence-electron chi connectivity index (χ1n) is 8.09. The summed E-state index contributed by atoms with van der Waals surface area (Å²) in [6, 6.07) is 0.685. The third kappa shape index (κ3) is 6.27. The molecule has 2 unspecified atom stereocenters. The summed E-state index contributed by atoms with van der Waals surface area (Å²) in [5, 5.41) is 12.8. The maximum atomic E-state index is 9.08. The van der Waals surface area contributed by atoms with Crippen LogP contribution in [0.3, 0.4) is 0 Å². The van der Waals surface area contributed by atoms with Crippen molar-refractivity contribution in [3.8, 4) is 0 Å². The number of hydrogen-bond donors (Lipinski definition) is 2. The van der Waals surface area contributed by atoms with Crippen molar-refractivity contribution in [1.29, 1.82) is 0 Å². The van der Waals surface area contributed by atoms with Gasteiger partial charge in [0.05, 0.1) is 0 Å². The van der Waals surface area contributed by atoms with Crippen molar-refractivity contribution in [2.75, 3.05) is 13.2 Å². The van der Waals surface area contributed by atoms with Crippen LogP contribution in [0.25, 0.3) is 0 Å². The second-order valence-electron chi connectivity index (χ2n) is 8.29. The van der Waals surface area contributed by atoms with Crippen LogP contribution >= 0.6 is 0 Å². The summed E-state index contributed by atoms with van der Waals surface area (Å²) < 4.78 is 0. The van der Waals surface area contributed by atoms with E-state index in [1.54, 1.807) is 0 Å². The van der Waals surface area contributed by atoms with Crippen molar-refractivity contribution in [2.45, 2.75) is 79.2 Å². The van der Waals surface area contributed by atoms with Crippen molar-refractivity contribution < 1.29 is 5.11 Å². The van der Waals surface area contributed by atoms with Gasteiger partial charge in [0.2, 0.25) is 0 Å².